The summed E-state index contributed by atoms with van der Waals surface area (Å²) in [6.45, 7) is 1.75. The van der Waals surface area contributed by atoms with Gasteiger partial charge in [0.15, 0.2) is 5.82 Å². The smallest absolute Gasteiger partial charge is 0.151 e. The monoisotopic (exact) mass is 202 g/mol. The van der Waals surface area contributed by atoms with Crippen molar-refractivity contribution in [2.45, 2.75) is 12.8 Å². The second-order valence-electron chi connectivity index (χ2n) is 3.81. The molecule has 0 saturated carbocycles. The van der Waals surface area contributed by atoms with Crippen LogP contribution in [-0.2, 0) is 0 Å². The average molecular weight is 202 g/mol. The Morgan fingerprint density at radius 1 is 1.47 bits per heavy atom. The highest BCUT2D eigenvalue weighted by Crippen LogP contribution is 2.25. The molecule has 1 aromatic heterocycles. The first-order valence-corrected chi connectivity index (χ1v) is 5.16. The standard InChI is InChI=1S/C11H14N4/c12-8-9-3-6-15(7-4-9)11-10(13)2-1-5-14-11/h1-2,5,9H,3-4,6-7,13H2. The van der Waals surface area contributed by atoms with Crippen LogP contribution in [0.3, 0.4) is 0 Å². The molecule has 4 heteroatoms. The van der Waals surface area contributed by atoms with Crippen molar-refractivity contribution in [3.63, 3.8) is 0 Å². The van der Waals surface area contributed by atoms with Crippen molar-refractivity contribution in [1.29, 1.82) is 5.26 Å². The van der Waals surface area contributed by atoms with Crippen molar-refractivity contribution in [2.75, 3.05) is 23.7 Å². The fourth-order valence-corrected chi connectivity index (χ4v) is 1.89. The van der Waals surface area contributed by atoms with E-state index in [9.17, 15) is 0 Å². The molecule has 1 aromatic rings. The molecule has 0 amide bonds. The Morgan fingerprint density at radius 2 is 2.20 bits per heavy atom. The summed E-state index contributed by atoms with van der Waals surface area (Å²) in [5.41, 5.74) is 6.57. The molecule has 4 nitrogen and oxygen atoms in total. The van der Waals surface area contributed by atoms with Gasteiger partial charge in [-0.25, -0.2) is 4.98 Å². The van der Waals surface area contributed by atoms with Gasteiger partial charge in [0, 0.05) is 25.2 Å². The van der Waals surface area contributed by atoms with Crippen molar-refractivity contribution >= 4 is 11.5 Å². The van der Waals surface area contributed by atoms with Crippen LogP contribution in [0.5, 0.6) is 0 Å². The minimum atomic E-state index is 0.200. The van der Waals surface area contributed by atoms with Crippen LogP contribution in [0, 0.1) is 17.2 Å². The number of piperidine rings is 1. The number of pyridine rings is 1. The number of nitriles is 1. The van der Waals surface area contributed by atoms with E-state index in [2.05, 4.69) is 16.0 Å². The third-order valence-electron chi connectivity index (χ3n) is 2.79. The van der Waals surface area contributed by atoms with Gasteiger partial charge in [-0.1, -0.05) is 0 Å². The fraction of sp³-hybridized carbons (Fsp3) is 0.455. The van der Waals surface area contributed by atoms with E-state index in [0.29, 0.717) is 5.69 Å². The molecule has 0 bridgehead atoms. The molecule has 2 rings (SSSR count). The molecule has 1 aliphatic heterocycles. The van der Waals surface area contributed by atoms with E-state index in [1.807, 2.05) is 12.1 Å². The van der Waals surface area contributed by atoms with Crippen LogP contribution in [0.2, 0.25) is 0 Å². The number of nitrogen functional groups attached to an aromatic ring is 1. The minimum absolute atomic E-state index is 0.200. The molecule has 2 N–H and O–H groups in total. The Hall–Kier alpha value is -1.76. The van der Waals surface area contributed by atoms with E-state index in [1.54, 1.807) is 6.20 Å². The summed E-state index contributed by atoms with van der Waals surface area (Å²) in [5.74, 6) is 1.06. The van der Waals surface area contributed by atoms with E-state index >= 15 is 0 Å². The van der Waals surface area contributed by atoms with Gasteiger partial charge < -0.3 is 10.6 Å². The van der Waals surface area contributed by atoms with Crippen LogP contribution in [0.15, 0.2) is 18.3 Å². The predicted octanol–water partition coefficient (Wildman–Crippen LogP) is 1.40. The third-order valence-corrected chi connectivity index (χ3v) is 2.79. The summed E-state index contributed by atoms with van der Waals surface area (Å²) >= 11 is 0. The molecular weight excluding hydrogens is 188 g/mol. The molecule has 1 aliphatic rings. The van der Waals surface area contributed by atoms with Gasteiger partial charge in [0.2, 0.25) is 0 Å². The van der Waals surface area contributed by atoms with Gasteiger partial charge in [0.05, 0.1) is 11.8 Å². The summed E-state index contributed by atoms with van der Waals surface area (Å²) in [6.07, 6.45) is 3.57. The summed E-state index contributed by atoms with van der Waals surface area (Å²) in [7, 11) is 0. The van der Waals surface area contributed by atoms with Gasteiger partial charge in [-0.3, -0.25) is 0 Å². The summed E-state index contributed by atoms with van der Waals surface area (Å²) < 4.78 is 0. The number of anilines is 2. The number of nitrogens with two attached hydrogens (primary N) is 1. The van der Waals surface area contributed by atoms with Crippen LogP contribution in [0.25, 0.3) is 0 Å². The van der Waals surface area contributed by atoms with Gasteiger partial charge in [-0.2, -0.15) is 5.26 Å². The maximum absolute atomic E-state index is 8.79. The van der Waals surface area contributed by atoms with Crippen LogP contribution >= 0.6 is 0 Å². The van der Waals surface area contributed by atoms with Crippen molar-refractivity contribution in [3.05, 3.63) is 18.3 Å². The van der Waals surface area contributed by atoms with Crippen molar-refractivity contribution in [1.82, 2.24) is 4.98 Å². The Bertz CT molecular complexity index is 374. The van der Waals surface area contributed by atoms with Crippen LogP contribution in [0.4, 0.5) is 11.5 Å². The lowest BCUT2D eigenvalue weighted by Gasteiger charge is -2.30. The number of rotatable bonds is 1. The highest BCUT2D eigenvalue weighted by molar-refractivity contribution is 5.62. The zero-order valence-corrected chi connectivity index (χ0v) is 8.56. The molecule has 0 aromatic carbocycles. The van der Waals surface area contributed by atoms with E-state index in [1.165, 1.54) is 0 Å². The van der Waals surface area contributed by atoms with E-state index in [4.69, 9.17) is 11.0 Å². The second-order valence-corrected chi connectivity index (χ2v) is 3.81. The van der Waals surface area contributed by atoms with Gasteiger partial charge in [-0.15, -0.1) is 0 Å². The molecule has 0 radical (unpaired) electrons. The molecule has 1 fully saturated rings. The molecule has 2 heterocycles. The number of hydrogen-bond acceptors (Lipinski definition) is 4. The highest BCUT2D eigenvalue weighted by Gasteiger charge is 2.20. The number of nitrogens with zero attached hydrogens (tertiary/aromatic N) is 3. The maximum atomic E-state index is 8.79. The predicted molar refractivity (Wildman–Crippen MR) is 59.2 cm³/mol. The normalized spacial score (nSPS) is 17.4. The van der Waals surface area contributed by atoms with Gasteiger partial charge >= 0.3 is 0 Å². The largest absolute Gasteiger partial charge is 0.396 e. The van der Waals surface area contributed by atoms with Gasteiger partial charge in [-0.05, 0) is 25.0 Å². The molecule has 1 saturated heterocycles. The maximum Gasteiger partial charge on any atom is 0.151 e. The highest BCUT2D eigenvalue weighted by atomic mass is 15.2. The van der Waals surface area contributed by atoms with Gasteiger partial charge in [0.1, 0.15) is 0 Å². The Kier molecular flexibility index (Phi) is 2.72. The van der Waals surface area contributed by atoms with Crippen LogP contribution < -0.4 is 10.6 Å². The summed E-state index contributed by atoms with van der Waals surface area (Å²) in [6, 6.07) is 6.01. The van der Waals surface area contributed by atoms with E-state index in [-0.39, 0.29) is 5.92 Å². The van der Waals surface area contributed by atoms with E-state index < -0.39 is 0 Å². The first-order chi connectivity index (χ1) is 7.31. The summed E-state index contributed by atoms with van der Waals surface area (Å²) in [5, 5.41) is 8.79. The van der Waals surface area contributed by atoms with Crippen molar-refractivity contribution in [3.8, 4) is 6.07 Å². The third kappa shape index (κ3) is 2.01. The summed E-state index contributed by atoms with van der Waals surface area (Å²) in [4.78, 5) is 6.43. The molecule has 0 spiro atoms. The minimum Gasteiger partial charge on any atom is -0.396 e. The molecule has 0 unspecified atom stereocenters. The average Bonchev–Trinajstić information content (AvgIpc) is 2.30. The SMILES string of the molecule is N#CC1CCN(c2ncccc2N)CC1. The first kappa shape index (κ1) is 9.78. The molecule has 0 aliphatic carbocycles. The Labute approximate surface area is 89.3 Å². The molecule has 0 atom stereocenters. The zero-order valence-electron chi connectivity index (χ0n) is 8.56. The lowest BCUT2D eigenvalue weighted by molar-refractivity contribution is 0.485. The van der Waals surface area contributed by atoms with Gasteiger partial charge in [0.25, 0.3) is 0 Å². The Balaban J connectivity index is 2.08. The first-order valence-electron chi connectivity index (χ1n) is 5.16. The zero-order chi connectivity index (χ0) is 10.7. The van der Waals surface area contributed by atoms with Crippen molar-refractivity contribution in [2.24, 2.45) is 5.92 Å². The number of hydrogen-bond donors (Lipinski definition) is 1. The molecular formula is C11H14N4. The lowest BCUT2D eigenvalue weighted by atomic mass is 9.98. The second kappa shape index (κ2) is 4.18. The number of aromatic nitrogens is 1. The quantitative estimate of drug-likeness (QED) is 0.747. The van der Waals surface area contributed by atoms with Crippen LogP contribution in [-0.4, -0.2) is 18.1 Å². The molecule has 78 valence electrons. The van der Waals surface area contributed by atoms with Crippen LogP contribution in [0.1, 0.15) is 12.8 Å². The lowest BCUT2D eigenvalue weighted by Crippen LogP contribution is -2.34. The van der Waals surface area contributed by atoms with E-state index in [0.717, 1.165) is 31.7 Å². The van der Waals surface area contributed by atoms with Crippen molar-refractivity contribution < 1.29 is 0 Å². The molecule has 15 heavy (non-hydrogen) atoms. The fourth-order valence-electron chi connectivity index (χ4n) is 1.89. The topological polar surface area (TPSA) is 65.9 Å². The Morgan fingerprint density at radius 3 is 2.80 bits per heavy atom.